The molecule has 0 atom stereocenters. The third kappa shape index (κ3) is 6.41. The molecule has 7 heteroatoms. The number of halogens is 3. The predicted octanol–water partition coefficient (Wildman–Crippen LogP) is 5.30. The summed E-state index contributed by atoms with van der Waals surface area (Å²) in [6.07, 6.45) is 1.61. The molecule has 1 aromatic carbocycles. The Kier molecular flexibility index (Phi) is 8.11. The Balaban J connectivity index is 2.05. The number of rotatable bonds is 8. The van der Waals surface area contributed by atoms with E-state index in [1.165, 1.54) is 0 Å². The molecule has 0 bridgehead atoms. The maximum Gasteiger partial charge on any atom is 0.416 e. The zero-order valence-corrected chi connectivity index (χ0v) is 17.0. The summed E-state index contributed by atoms with van der Waals surface area (Å²) in [6, 6.07) is 7.77. The van der Waals surface area contributed by atoms with E-state index in [1.807, 2.05) is 38.2 Å². The van der Waals surface area contributed by atoms with E-state index in [4.69, 9.17) is 4.74 Å². The van der Waals surface area contributed by atoms with E-state index in [0.29, 0.717) is 18.7 Å². The summed E-state index contributed by atoms with van der Waals surface area (Å²) in [7, 11) is 3.48. The van der Waals surface area contributed by atoms with E-state index in [-0.39, 0.29) is 0 Å². The van der Waals surface area contributed by atoms with E-state index in [1.54, 1.807) is 31.0 Å². The van der Waals surface area contributed by atoms with Gasteiger partial charge in [-0.15, -0.1) is 11.8 Å². The van der Waals surface area contributed by atoms with Crippen LogP contribution in [0.2, 0.25) is 0 Å². The number of ether oxygens (including phenoxy) is 1. The first kappa shape index (κ1) is 22.0. The second-order valence-corrected chi connectivity index (χ2v) is 7.19. The molecule has 2 N–H and O–H groups in total. The predicted molar refractivity (Wildman–Crippen MR) is 110 cm³/mol. The van der Waals surface area contributed by atoms with Gasteiger partial charge in [-0.3, -0.25) is 0 Å². The molecule has 2 rings (SSSR count). The largest absolute Gasteiger partial charge is 0.496 e. The Bertz CT molecular complexity index is 795. The molecular formula is C21H25F3N2OS. The molecule has 0 fully saturated rings. The molecule has 0 saturated heterocycles. The first-order valence-corrected chi connectivity index (χ1v) is 9.84. The quantitative estimate of drug-likeness (QED) is 0.609. The van der Waals surface area contributed by atoms with Gasteiger partial charge >= 0.3 is 6.18 Å². The van der Waals surface area contributed by atoms with Gasteiger partial charge in [0.25, 0.3) is 0 Å². The van der Waals surface area contributed by atoms with Crippen molar-refractivity contribution in [2.45, 2.75) is 26.1 Å². The van der Waals surface area contributed by atoms with Crippen molar-refractivity contribution in [2.24, 2.45) is 0 Å². The molecule has 0 saturated carbocycles. The highest BCUT2D eigenvalue weighted by Gasteiger charge is 2.31. The zero-order chi connectivity index (χ0) is 20.6. The highest BCUT2D eigenvalue weighted by Crippen LogP contribution is 2.30. The molecule has 0 amide bonds. The van der Waals surface area contributed by atoms with Gasteiger partial charge in [0.15, 0.2) is 0 Å². The Morgan fingerprint density at radius 2 is 1.96 bits per heavy atom. The highest BCUT2D eigenvalue weighted by molar-refractivity contribution is 8.03. The SMILES string of the molecule is CN/C(C)=C(/NCc1ccccc1OC)SCC1=CC=C(C(F)(F)F)C=CC1. The van der Waals surface area contributed by atoms with Gasteiger partial charge in [-0.1, -0.05) is 48.1 Å². The van der Waals surface area contributed by atoms with Gasteiger partial charge in [0.2, 0.25) is 0 Å². The minimum Gasteiger partial charge on any atom is -0.496 e. The molecule has 0 aromatic heterocycles. The van der Waals surface area contributed by atoms with Gasteiger partial charge in [0, 0.05) is 30.6 Å². The van der Waals surface area contributed by atoms with Crippen molar-refractivity contribution in [3.8, 4) is 5.75 Å². The van der Waals surface area contributed by atoms with E-state index in [0.717, 1.165) is 39.8 Å². The van der Waals surface area contributed by atoms with Crippen molar-refractivity contribution in [3.05, 3.63) is 76.0 Å². The molecular weight excluding hydrogens is 385 g/mol. The van der Waals surface area contributed by atoms with Gasteiger partial charge in [-0.2, -0.15) is 13.2 Å². The molecule has 1 aliphatic rings. The molecule has 1 aromatic rings. The van der Waals surface area contributed by atoms with Crippen molar-refractivity contribution in [3.63, 3.8) is 0 Å². The summed E-state index contributed by atoms with van der Waals surface area (Å²) >= 11 is 1.56. The second kappa shape index (κ2) is 10.3. The number of thioether (sulfide) groups is 1. The lowest BCUT2D eigenvalue weighted by Gasteiger charge is -2.16. The Hall–Kier alpha value is -2.28. The van der Waals surface area contributed by atoms with Crippen molar-refractivity contribution < 1.29 is 17.9 Å². The van der Waals surface area contributed by atoms with Crippen LogP contribution in [0.3, 0.4) is 0 Å². The second-order valence-electron chi connectivity index (χ2n) is 6.21. The summed E-state index contributed by atoms with van der Waals surface area (Å²) in [5.41, 5.74) is 2.31. The van der Waals surface area contributed by atoms with Crippen molar-refractivity contribution in [1.29, 1.82) is 0 Å². The minimum atomic E-state index is -4.32. The molecule has 0 unspecified atom stereocenters. The number of alkyl halides is 3. The Morgan fingerprint density at radius 3 is 2.64 bits per heavy atom. The van der Waals surface area contributed by atoms with Gasteiger partial charge in [-0.25, -0.2) is 0 Å². The van der Waals surface area contributed by atoms with Crippen LogP contribution in [0.4, 0.5) is 13.2 Å². The van der Waals surface area contributed by atoms with Crippen molar-refractivity contribution in [1.82, 2.24) is 10.6 Å². The molecule has 0 spiro atoms. The number of hydrogen-bond donors (Lipinski definition) is 2. The smallest absolute Gasteiger partial charge is 0.416 e. The minimum absolute atomic E-state index is 0.501. The van der Waals surface area contributed by atoms with Crippen LogP contribution < -0.4 is 15.4 Å². The van der Waals surface area contributed by atoms with E-state index in [2.05, 4.69) is 10.6 Å². The average Bonchev–Trinajstić information content (AvgIpc) is 2.93. The molecule has 0 aliphatic heterocycles. The number of methoxy groups -OCH3 is 1. The summed E-state index contributed by atoms with van der Waals surface area (Å²) in [5.74, 6) is 1.40. The van der Waals surface area contributed by atoms with E-state index < -0.39 is 11.7 Å². The van der Waals surface area contributed by atoms with Crippen molar-refractivity contribution >= 4 is 11.8 Å². The standard InChI is InChI=1S/C21H25F3N2OS/c1-15(25-2)20(26-13-17-8-4-5-10-19(17)27-3)28-14-16-7-6-9-18(12-11-16)21(22,23)24/h4-6,8-12,25-26H,7,13-14H2,1-3H3/b20-15-. The van der Waals surface area contributed by atoms with Crippen LogP contribution in [0.25, 0.3) is 0 Å². The number of allylic oxidation sites excluding steroid dienone is 6. The Labute approximate surface area is 168 Å². The van der Waals surface area contributed by atoms with E-state index >= 15 is 0 Å². The van der Waals surface area contributed by atoms with Crippen LogP contribution in [0, 0.1) is 0 Å². The van der Waals surface area contributed by atoms with Crippen LogP contribution >= 0.6 is 11.8 Å². The fourth-order valence-electron chi connectivity index (χ4n) is 2.56. The van der Waals surface area contributed by atoms with E-state index in [9.17, 15) is 13.2 Å². The highest BCUT2D eigenvalue weighted by atomic mass is 32.2. The maximum atomic E-state index is 12.8. The average molecular weight is 411 g/mol. The summed E-state index contributed by atoms with van der Waals surface area (Å²) in [4.78, 5) is 0. The molecule has 0 radical (unpaired) electrons. The lowest BCUT2D eigenvalue weighted by Crippen LogP contribution is -2.18. The van der Waals surface area contributed by atoms with Crippen LogP contribution in [-0.4, -0.2) is 26.1 Å². The summed E-state index contributed by atoms with van der Waals surface area (Å²) in [6.45, 7) is 2.54. The topological polar surface area (TPSA) is 33.3 Å². The third-order valence-electron chi connectivity index (χ3n) is 4.25. The first-order chi connectivity index (χ1) is 13.3. The monoisotopic (exact) mass is 410 g/mol. The molecule has 1 aliphatic carbocycles. The Morgan fingerprint density at radius 1 is 1.21 bits per heavy atom. The maximum absolute atomic E-state index is 12.8. The van der Waals surface area contributed by atoms with Crippen LogP contribution in [-0.2, 0) is 6.54 Å². The summed E-state index contributed by atoms with van der Waals surface area (Å²) < 4.78 is 43.9. The third-order valence-corrected chi connectivity index (χ3v) is 5.51. The normalized spacial score (nSPS) is 15.2. The summed E-state index contributed by atoms with van der Waals surface area (Å²) in [5, 5.41) is 7.48. The lowest BCUT2D eigenvalue weighted by molar-refractivity contribution is -0.0881. The van der Waals surface area contributed by atoms with Gasteiger partial charge in [-0.05, 0) is 19.4 Å². The number of benzene rings is 1. The van der Waals surface area contributed by atoms with Crippen molar-refractivity contribution in [2.75, 3.05) is 19.9 Å². The van der Waals surface area contributed by atoms with Crippen LogP contribution in [0.5, 0.6) is 5.75 Å². The first-order valence-electron chi connectivity index (χ1n) is 8.85. The number of nitrogens with one attached hydrogen (secondary N) is 2. The van der Waals surface area contributed by atoms with Gasteiger partial charge in [0.1, 0.15) is 5.75 Å². The molecule has 28 heavy (non-hydrogen) atoms. The molecule has 3 nitrogen and oxygen atoms in total. The number of hydrogen-bond acceptors (Lipinski definition) is 4. The lowest BCUT2D eigenvalue weighted by atomic mass is 10.2. The fourth-order valence-corrected chi connectivity index (χ4v) is 3.60. The van der Waals surface area contributed by atoms with Gasteiger partial charge in [0.05, 0.1) is 17.7 Å². The molecule has 0 heterocycles. The zero-order valence-electron chi connectivity index (χ0n) is 16.2. The van der Waals surface area contributed by atoms with Crippen LogP contribution in [0.15, 0.2) is 70.4 Å². The number of para-hydroxylation sites is 1. The fraction of sp³-hybridized carbons (Fsp3) is 0.333. The molecule has 152 valence electrons. The van der Waals surface area contributed by atoms with Crippen LogP contribution in [0.1, 0.15) is 18.9 Å². The van der Waals surface area contributed by atoms with Gasteiger partial charge < -0.3 is 15.4 Å².